The van der Waals surface area contributed by atoms with E-state index in [1.54, 1.807) is 23.0 Å². The number of carbonyl (C=O) groups excluding carboxylic acids is 2. The normalized spacial score (nSPS) is 16.6. The Balaban J connectivity index is 1.26. The third kappa shape index (κ3) is 3.17. The van der Waals surface area contributed by atoms with Crippen molar-refractivity contribution in [3.8, 4) is 0 Å². The van der Waals surface area contributed by atoms with E-state index >= 15 is 0 Å². The molecule has 0 radical (unpaired) electrons. The average Bonchev–Trinajstić information content (AvgIpc) is 3.57. The molecule has 2 N–H and O–H groups in total. The van der Waals surface area contributed by atoms with Crippen molar-refractivity contribution >= 4 is 45.8 Å². The lowest BCUT2D eigenvalue weighted by atomic mass is 9.73. The van der Waals surface area contributed by atoms with E-state index in [2.05, 4.69) is 30.5 Å². The van der Waals surface area contributed by atoms with Crippen LogP contribution in [0.1, 0.15) is 33.9 Å². The fourth-order valence-corrected chi connectivity index (χ4v) is 5.70. The number of hydrogen-bond donors (Lipinski definition) is 2. The zero-order chi connectivity index (χ0) is 23.3. The van der Waals surface area contributed by atoms with E-state index < -0.39 is 5.41 Å². The summed E-state index contributed by atoms with van der Waals surface area (Å²) in [5.41, 5.74) is 2.69. The number of rotatable bonds is 4. The molecule has 0 atom stereocenters. The molecule has 1 spiro atoms. The number of piperidine rings is 1. The molecule has 0 bridgehead atoms. The van der Waals surface area contributed by atoms with Gasteiger partial charge in [-0.2, -0.15) is 0 Å². The van der Waals surface area contributed by atoms with Crippen molar-refractivity contribution in [1.82, 2.24) is 24.8 Å². The second-order valence-corrected chi connectivity index (χ2v) is 9.73. The van der Waals surface area contributed by atoms with E-state index in [4.69, 9.17) is 0 Å². The highest BCUT2D eigenvalue weighted by Gasteiger charge is 2.48. The van der Waals surface area contributed by atoms with Crippen LogP contribution in [-0.2, 0) is 23.8 Å². The van der Waals surface area contributed by atoms with Gasteiger partial charge in [0.1, 0.15) is 6.33 Å². The first kappa shape index (κ1) is 20.8. The maximum absolute atomic E-state index is 12.9. The second-order valence-electron chi connectivity index (χ2n) is 8.69. The molecule has 34 heavy (non-hydrogen) atoms. The molecular weight excluding hydrogens is 450 g/mol. The van der Waals surface area contributed by atoms with Crippen molar-refractivity contribution in [3.05, 3.63) is 64.4 Å². The van der Waals surface area contributed by atoms with Gasteiger partial charge in [0.15, 0.2) is 17.0 Å². The van der Waals surface area contributed by atoms with Crippen LogP contribution >= 0.6 is 11.3 Å². The minimum atomic E-state index is -0.504. The number of carbonyl (C=O) groups is 2. The van der Waals surface area contributed by atoms with Crippen molar-refractivity contribution in [3.63, 3.8) is 0 Å². The summed E-state index contributed by atoms with van der Waals surface area (Å²) in [5, 5.41) is 7.96. The first-order valence-electron chi connectivity index (χ1n) is 11.2. The Morgan fingerprint density at radius 1 is 1.18 bits per heavy atom. The molecular formula is C24H23N7O2S. The van der Waals surface area contributed by atoms with E-state index in [1.165, 1.54) is 6.33 Å². The van der Waals surface area contributed by atoms with Crippen LogP contribution in [0, 0.1) is 0 Å². The number of para-hydroxylation sites is 1. The van der Waals surface area contributed by atoms with Crippen molar-refractivity contribution in [2.45, 2.75) is 24.8 Å². The fourth-order valence-electron chi connectivity index (χ4n) is 5.05. The van der Waals surface area contributed by atoms with Gasteiger partial charge < -0.3 is 20.1 Å². The molecule has 1 saturated heterocycles. The van der Waals surface area contributed by atoms with Crippen molar-refractivity contribution in [2.75, 3.05) is 23.3 Å². The topological polar surface area (TPSA) is 105 Å². The van der Waals surface area contributed by atoms with Crippen LogP contribution in [0.25, 0.3) is 11.2 Å². The van der Waals surface area contributed by atoms with Crippen LogP contribution in [0.4, 0.5) is 11.5 Å². The molecule has 2 amide bonds. The first-order valence-corrected chi connectivity index (χ1v) is 12.1. The summed E-state index contributed by atoms with van der Waals surface area (Å²) in [7, 11) is 1.79. The highest BCUT2D eigenvalue weighted by atomic mass is 32.1. The molecule has 2 aliphatic heterocycles. The summed E-state index contributed by atoms with van der Waals surface area (Å²) >= 11 is 1.59. The standard InChI is InChI=1S/C24H23N7O2S/c1-30-19-18(29-21(30)22(32)25-13-15-5-4-12-34-15)20(27-14-26-19)31-10-8-24(9-11-31)16-6-2-3-7-17(16)28-23(24)33/h2-7,12,14H,8-11,13H2,1H3,(H,25,32)(H,28,33). The third-order valence-corrected chi connectivity index (χ3v) is 7.76. The Morgan fingerprint density at radius 2 is 2.00 bits per heavy atom. The number of thiophene rings is 1. The number of anilines is 2. The predicted molar refractivity (Wildman–Crippen MR) is 130 cm³/mol. The molecule has 9 nitrogen and oxygen atoms in total. The summed E-state index contributed by atoms with van der Waals surface area (Å²) in [4.78, 5) is 42.5. The highest BCUT2D eigenvalue weighted by molar-refractivity contribution is 7.09. The Kier molecular flexibility index (Phi) is 4.84. The number of amides is 2. The van der Waals surface area contributed by atoms with Crippen LogP contribution in [0.5, 0.6) is 0 Å². The maximum Gasteiger partial charge on any atom is 0.287 e. The predicted octanol–water partition coefficient (Wildman–Crippen LogP) is 2.85. The number of imidazole rings is 1. The summed E-state index contributed by atoms with van der Waals surface area (Å²) in [6, 6.07) is 11.9. The molecule has 4 aromatic rings. The minimum Gasteiger partial charge on any atom is -0.355 e. The highest BCUT2D eigenvalue weighted by Crippen LogP contribution is 2.45. The molecule has 1 aromatic carbocycles. The molecule has 10 heteroatoms. The van der Waals surface area contributed by atoms with Gasteiger partial charge in [0.25, 0.3) is 5.91 Å². The summed E-state index contributed by atoms with van der Waals surface area (Å²) in [6.45, 7) is 1.77. The largest absolute Gasteiger partial charge is 0.355 e. The number of nitrogens with zero attached hydrogens (tertiary/aromatic N) is 5. The van der Waals surface area contributed by atoms with Crippen molar-refractivity contribution in [1.29, 1.82) is 0 Å². The summed E-state index contributed by atoms with van der Waals surface area (Å²) in [5.74, 6) is 0.811. The molecule has 0 unspecified atom stereocenters. The molecule has 5 heterocycles. The Hall–Kier alpha value is -3.79. The van der Waals surface area contributed by atoms with Gasteiger partial charge in [-0.15, -0.1) is 11.3 Å². The second kappa shape index (κ2) is 7.91. The lowest BCUT2D eigenvalue weighted by Crippen LogP contribution is -2.46. The lowest BCUT2D eigenvalue weighted by Gasteiger charge is -2.38. The monoisotopic (exact) mass is 473 g/mol. The van der Waals surface area contributed by atoms with Gasteiger partial charge in [-0.05, 0) is 35.9 Å². The molecule has 172 valence electrons. The summed E-state index contributed by atoms with van der Waals surface area (Å²) < 4.78 is 1.70. The average molecular weight is 474 g/mol. The van der Waals surface area contributed by atoms with Crippen molar-refractivity contribution < 1.29 is 9.59 Å². The lowest BCUT2D eigenvalue weighted by molar-refractivity contribution is -0.121. The van der Waals surface area contributed by atoms with Gasteiger partial charge in [0.2, 0.25) is 11.7 Å². The Labute approximate surface area is 199 Å². The molecule has 1 fully saturated rings. The SMILES string of the molecule is Cn1c(C(=O)NCc2cccs2)nc2c(N3CCC4(CC3)C(=O)Nc3ccccc34)ncnc21. The van der Waals surface area contributed by atoms with Gasteiger partial charge in [-0.1, -0.05) is 24.3 Å². The zero-order valence-electron chi connectivity index (χ0n) is 18.6. The van der Waals surface area contributed by atoms with E-state index in [1.807, 2.05) is 41.8 Å². The molecule has 0 aliphatic carbocycles. The maximum atomic E-state index is 12.9. The smallest absolute Gasteiger partial charge is 0.287 e. The zero-order valence-corrected chi connectivity index (χ0v) is 19.4. The molecule has 6 rings (SSSR count). The van der Waals surface area contributed by atoms with Crippen LogP contribution < -0.4 is 15.5 Å². The third-order valence-electron chi connectivity index (χ3n) is 6.89. The number of nitrogens with one attached hydrogen (secondary N) is 2. The van der Waals surface area contributed by atoms with E-state index in [-0.39, 0.29) is 11.8 Å². The van der Waals surface area contributed by atoms with Gasteiger partial charge in [-0.25, -0.2) is 15.0 Å². The van der Waals surface area contributed by atoms with Crippen LogP contribution in [-0.4, -0.2) is 44.4 Å². The Morgan fingerprint density at radius 3 is 2.79 bits per heavy atom. The van der Waals surface area contributed by atoms with Crippen LogP contribution in [0.3, 0.4) is 0 Å². The number of fused-ring (bicyclic) bond motifs is 3. The molecule has 0 saturated carbocycles. The summed E-state index contributed by atoms with van der Waals surface area (Å²) in [6.07, 6.45) is 2.87. The Bertz CT molecular complexity index is 1400. The van der Waals surface area contributed by atoms with Gasteiger partial charge in [0.05, 0.1) is 12.0 Å². The first-order chi connectivity index (χ1) is 16.6. The minimum absolute atomic E-state index is 0.0729. The quantitative estimate of drug-likeness (QED) is 0.472. The van der Waals surface area contributed by atoms with E-state index in [0.717, 1.165) is 16.1 Å². The van der Waals surface area contributed by atoms with Crippen LogP contribution in [0.15, 0.2) is 48.1 Å². The van der Waals surface area contributed by atoms with Crippen molar-refractivity contribution in [2.24, 2.45) is 7.05 Å². The number of aryl methyl sites for hydroxylation is 1. The number of aromatic nitrogens is 4. The van der Waals surface area contributed by atoms with Crippen LogP contribution in [0.2, 0.25) is 0 Å². The molecule has 2 aliphatic rings. The van der Waals surface area contributed by atoms with E-state index in [0.29, 0.717) is 55.3 Å². The number of benzene rings is 1. The van der Waals surface area contributed by atoms with Gasteiger partial charge >= 0.3 is 0 Å². The van der Waals surface area contributed by atoms with E-state index in [9.17, 15) is 9.59 Å². The van der Waals surface area contributed by atoms with Gasteiger partial charge in [-0.3, -0.25) is 9.59 Å². The number of hydrogen-bond acceptors (Lipinski definition) is 7. The van der Waals surface area contributed by atoms with Gasteiger partial charge in [0, 0.05) is 30.7 Å². The fraction of sp³-hybridized carbons (Fsp3) is 0.292. The molecule has 3 aromatic heterocycles.